The van der Waals surface area contributed by atoms with E-state index in [2.05, 4.69) is 38.1 Å². The molecule has 2 nitrogen and oxygen atoms in total. The van der Waals surface area contributed by atoms with Crippen LogP contribution in [-0.2, 0) is 5.75 Å². The van der Waals surface area contributed by atoms with Crippen molar-refractivity contribution in [1.29, 1.82) is 0 Å². The van der Waals surface area contributed by atoms with Gasteiger partial charge in [-0.2, -0.15) is 0 Å². The first-order valence-corrected chi connectivity index (χ1v) is 7.72. The second kappa shape index (κ2) is 6.98. The van der Waals surface area contributed by atoms with Gasteiger partial charge in [0.15, 0.2) is 0 Å². The molecule has 0 aliphatic rings. The second-order valence-electron chi connectivity index (χ2n) is 5.13. The van der Waals surface area contributed by atoms with Crippen LogP contribution in [-0.4, -0.2) is 17.2 Å². The highest BCUT2D eigenvalue weighted by molar-refractivity contribution is 7.98. The molecule has 0 saturated heterocycles. The second-order valence-corrected chi connectivity index (χ2v) is 6.18. The lowest BCUT2D eigenvalue weighted by molar-refractivity contribution is 0.425. The monoisotopic (exact) mass is 286 g/mol. The molecule has 0 saturated carbocycles. The summed E-state index contributed by atoms with van der Waals surface area (Å²) in [5.41, 5.74) is 2.98. The quantitative estimate of drug-likeness (QED) is 0.656. The zero-order valence-electron chi connectivity index (χ0n) is 11.8. The summed E-state index contributed by atoms with van der Waals surface area (Å²) in [5, 5.41) is 18.3. The Morgan fingerprint density at radius 2 is 1.75 bits per heavy atom. The molecule has 0 atom stereocenters. The summed E-state index contributed by atoms with van der Waals surface area (Å²) in [6.45, 7) is 4.38. The molecule has 0 heterocycles. The number of hydrogen-bond acceptors (Lipinski definition) is 3. The minimum atomic E-state index is -1.40. The summed E-state index contributed by atoms with van der Waals surface area (Å²) in [6, 6.07) is 16.0. The Morgan fingerprint density at radius 3 is 2.35 bits per heavy atom. The minimum absolute atomic E-state index is 0.540. The third-order valence-corrected chi connectivity index (χ3v) is 4.28. The van der Waals surface area contributed by atoms with Gasteiger partial charge >= 0.3 is 7.12 Å². The van der Waals surface area contributed by atoms with E-state index in [0.29, 0.717) is 11.4 Å². The molecule has 0 aliphatic heterocycles. The first kappa shape index (κ1) is 15.2. The molecule has 0 unspecified atom stereocenters. The van der Waals surface area contributed by atoms with E-state index in [-0.39, 0.29) is 0 Å². The van der Waals surface area contributed by atoms with E-state index in [9.17, 15) is 0 Å². The Kier molecular flexibility index (Phi) is 5.29. The van der Waals surface area contributed by atoms with Crippen LogP contribution in [0.4, 0.5) is 0 Å². The summed E-state index contributed by atoms with van der Waals surface area (Å²) in [7, 11) is -1.40. The Labute approximate surface area is 125 Å². The molecular weight excluding hydrogens is 267 g/mol. The lowest BCUT2D eigenvalue weighted by Crippen LogP contribution is -2.29. The van der Waals surface area contributed by atoms with Crippen LogP contribution in [0.2, 0.25) is 0 Å². The van der Waals surface area contributed by atoms with Crippen LogP contribution in [0.1, 0.15) is 30.9 Å². The SMILES string of the molecule is CC(C)c1ccc(SCc2cccc(B(O)O)c2)cc1. The Balaban J connectivity index is 1.99. The van der Waals surface area contributed by atoms with Gasteiger partial charge in [-0.1, -0.05) is 50.2 Å². The first-order chi connectivity index (χ1) is 9.56. The largest absolute Gasteiger partial charge is 0.488 e. The highest BCUT2D eigenvalue weighted by Gasteiger charge is 2.10. The fourth-order valence-corrected chi connectivity index (χ4v) is 2.80. The lowest BCUT2D eigenvalue weighted by Gasteiger charge is -2.07. The summed E-state index contributed by atoms with van der Waals surface area (Å²) in [4.78, 5) is 1.23. The zero-order chi connectivity index (χ0) is 14.5. The van der Waals surface area contributed by atoms with E-state index < -0.39 is 7.12 Å². The average Bonchev–Trinajstić information content (AvgIpc) is 2.46. The number of hydrogen-bond donors (Lipinski definition) is 2. The molecule has 2 aromatic carbocycles. The van der Waals surface area contributed by atoms with E-state index in [1.807, 2.05) is 18.2 Å². The van der Waals surface area contributed by atoms with Crippen molar-refractivity contribution in [2.45, 2.75) is 30.4 Å². The van der Waals surface area contributed by atoms with Crippen LogP contribution in [0.5, 0.6) is 0 Å². The van der Waals surface area contributed by atoms with Gasteiger partial charge in [-0.25, -0.2) is 0 Å². The highest BCUT2D eigenvalue weighted by atomic mass is 32.2. The van der Waals surface area contributed by atoms with Gasteiger partial charge in [0.2, 0.25) is 0 Å². The number of rotatable bonds is 5. The van der Waals surface area contributed by atoms with Gasteiger partial charge in [-0.15, -0.1) is 11.8 Å². The molecule has 0 aromatic heterocycles. The molecule has 2 aromatic rings. The molecule has 2 N–H and O–H groups in total. The number of benzene rings is 2. The normalized spacial score (nSPS) is 10.8. The van der Waals surface area contributed by atoms with Crippen molar-refractivity contribution in [2.75, 3.05) is 0 Å². The van der Waals surface area contributed by atoms with Gasteiger partial charge < -0.3 is 10.0 Å². The van der Waals surface area contributed by atoms with Crippen LogP contribution >= 0.6 is 11.8 Å². The van der Waals surface area contributed by atoms with E-state index >= 15 is 0 Å². The van der Waals surface area contributed by atoms with E-state index in [4.69, 9.17) is 10.0 Å². The maximum atomic E-state index is 9.16. The van der Waals surface area contributed by atoms with Crippen molar-refractivity contribution in [3.8, 4) is 0 Å². The molecule has 0 aliphatic carbocycles. The third-order valence-electron chi connectivity index (χ3n) is 3.20. The summed E-state index contributed by atoms with van der Waals surface area (Å²) in [5.74, 6) is 1.37. The third kappa shape index (κ3) is 4.13. The fraction of sp³-hybridized carbons (Fsp3) is 0.250. The zero-order valence-corrected chi connectivity index (χ0v) is 12.6. The molecule has 0 bridgehead atoms. The molecule has 20 heavy (non-hydrogen) atoms. The molecule has 104 valence electrons. The Bertz CT molecular complexity index is 553. The van der Waals surface area contributed by atoms with Crippen LogP contribution in [0.25, 0.3) is 0 Å². The maximum absolute atomic E-state index is 9.16. The van der Waals surface area contributed by atoms with Gasteiger partial charge in [0, 0.05) is 10.6 Å². The summed E-state index contributed by atoms with van der Waals surface area (Å²) < 4.78 is 0. The van der Waals surface area contributed by atoms with Crippen molar-refractivity contribution < 1.29 is 10.0 Å². The average molecular weight is 286 g/mol. The van der Waals surface area contributed by atoms with Gasteiger partial charge in [0.05, 0.1) is 0 Å². The van der Waals surface area contributed by atoms with Gasteiger partial charge in [-0.05, 0) is 34.6 Å². The van der Waals surface area contributed by atoms with Crippen LogP contribution in [0.15, 0.2) is 53.4 Å². The van der Waals surface area contributed by atoms with Crippen LogP contribution in [0, 0.1) is 0 Å². The van der Waals surface area contributed by atoms with Gasteiger partial charge in [-0.3, -0.25) is 0 Å². The van der Waals surface area contributed by atoms with E-state index in [0.717, 1.165) is 11.3 Å². The summed E-state index contributed by atoms with van der Waals surface area (Å²) >= 11 is 1.75. The van der Waals surface area contributed by atoms with Crippen molar-refractivity contribution >= 4 is 24.3 Å². The molecule has 0 spiro atoms. The fourth-order valence-electron chi connectivity index (χ4n) is 1.96. The number of thioether (sulfide) groups is 1. The first-order valence-electron chi connectivity index (χ1n) is 6.74. The molecule has 0 fully saturated rings. The van der Waals surface area contributed by atoms with Crippen LogP contribution < -0.4 is 5.46 Å². The molecule has 0 amide bonds. The van der Waals surface area contributed by atoms with E-state index in [1.165, 1.54) is 10.5 Å². The maximum Gasteiger partial charge on any atom is 0.488 e. The molecule has 0 radical (unpaired) electrons. The lowest BCUT2D eigenvalue weighted by atomic mass is 9.80. The van der Waals surface area contributed by atoms with E-state index in [1.54, 1.807) is 17.8 Å². The molecule has 4 heteroatoms. The molecule has 2 rings (SSSR count). The smallest absolute Gasteiger partial charge is 0.423 e. The van der Waals surface area contributed by atoms with Crippen molar-refractivity contribution in [1.82, 2.24) is 0 Å². The van der Waals surface area contributed by atoms with Gasteiger partial charge in [0.25, 0.3) is 0 Å². The Morgan fingerprint density at radius 1 is 1.05 bits per heavy atom. The van der Waals surface area contributed by atoms with Crippen molar-refractivity contribution in [3.63, 3.8) is 0 Å². The highest BCUT2D eigenvalue weighted by Crippen LogP contribution is 2.24. The van der Waals surface area contributed by atoms with Crippen LogP contribution in [0.3, 0.4) is 0 Å². The predicted octanol–water partition coefficient (Wildman–Crippen LogP) is 2.78. The Hall–Kier alpha value is -1.23. The van der Waals surface area contributed by atoms with Gasteiger partial charge in [0.1, 0.15) is 0 Å². The van der Waals surface area contributed by atoms with Crippen molar-refractivity contribution in [2.24, 2.45) is 0 Å². The molecular formula is C16H19BO2S. The minimum Gasteiger partial charge on any atom is -0.423 e. The standard InChI is InChI=1S/C16H19BO2S/c1-12(2)14-6-8-16(9-7-14)20-11-13-4-3-5-15(10-13)17(18)19/h3-10,12,18-19H,11H2,1-2H3. The topological polar surface area (TPSA) is 40.5 Å². The predicted molar refractivity (Wildman–Crippen MR) is 86.4 cm³/mol. The summed E-state index contributed by atoms with van der Waals surface area (Å²) in [6.07, 6.45) is 0. The van der Waals surface area contributed by atoms with Crippen molar-refractivity contribution in [3.05, 3.63) is 59.7 Å².